The number of amides is 1. The Morgan fingerprint density at radius 3 is 2.59 bits per heavy atom. The zero-order chi connectivity index (χ0) is 21.8. The lowest BCUT2D eigenvalue weighted by molar-refractivity contribution is -0.116. The Kier molecular flexibility index (Phi) is 6.22. The van der Waals surface area contributed by atoms with Crippen LogP contribution < -0.4 is 4.90 Å². The number of para-hydroxylation sites is 1. The van der Waals surface area contributed by atoms with Gasteiger partial charge in [-0.2, -0.15) is 0 Å². The summed E-state index contributed by atoms with van der Waals surface area (Å²) in [4.78, 5) is 20.3. The molecule has 0 fully saturated rings. The van der Waals surface area contributed by atoms with Crippen molar-refractivity contribution < 1.29 is 4.79 Å². The van der Waals surface area contributed by atoms with Gasteiger partial charge in [-0.15, -0.1) is 22.0 Å². The van der Waals surface area contributed by atoms with Crippen molar-refractivity contribution >= 4 is 35.1 Å². The number of hydrogen-bond donors (Lipinski definition) is 0. The van der Waals surface area contributed by atoms with Gasteiger partial charge >= 0.3 is 0 Å². The Bertz CT molecular complexity index is 1210. The Hall–Kier alpha value is -3.10. The molecule has 0 bridgehead atoms. The van der Waals surface area contributed by atoms with Crippen LogP contribution in [0.2, 0.25) is 0 Å². The van der Waals surface area contributed by atoms with Crippen molar-refractivity contribution in [3.05, 3.63) is 84.7 Å². The standard InChI is InChI=1S/C24H21N5OS2/c30-22(28-14-15-31-21-9-5-4-8-20(21)28)17-32-24-27-26-23(19-10-12-25-13-11-19)29(24)16-18-6-2-1-3-7-18/h1-13H,14-17H2. The number of nitrogens with zero attached hydrogens (tertiary/aromatic N) is 5. The summed E-state index contributed by atoms with van der Waals surface area (Å²) in [5.41, 5.74) is 3.10. The summed E-state index contributed by atoms with van der Waals surface area (Å²) < 4.78 is 2.07. The molecular weight excluding hydrogens is 438 g/mol. The van der Waals surface area contributed by atoms with Crippen molar-refractivity contribution in [3.63, 3.8) is 0 Å². The number of carbonyl (C=O) groups excluding carboxylic acids is 1. The van der Waals surface area contributed by atoms with E-state index in [2.05, 4.69) is 37.9 Å². The molecule has 1 aliphatic heterocycles. The first-order valence-electron chi connectivity index (χ1n) is 10.3. The zero-order valence-electron chi connectivity index (χ0n) is 17.3. The van der Waals surface area contributed by atoms with Crippen molar-refractivity contribution in [2.45, 2.75) is 16.6 Å². The maximum atomic E-state index is 13.1. The summed E-state index contributed by atoms with van der Waals surface area (Å²) in [5, 5.41) is 9.61. The van der Waals surface area contributed by atoms with E-state index in [0.29, 0.717) is 12.3 Å². The highest BCUT2D eigenvalue weighted by Crippen LogP contribution is 2.35. The number of rotatable bonds is 6. The first kappa shape index (κ1) is 20.8. The second-order valence-corrected chi connectivity index (χ2v) is 9.34. The third-order valence-electron chi connectivity index (χ3n) is 5.19. The molecule has 5 rings (SSSR count). The van der Waals surface area contributed by atoms with Crippen molar-refractivity contribution in [2.24, 2.45) is 0 Å². The van der Waals surface area contributed by atoms with Crippen LogP contribution in [0.1, 0.15) is 5.56 Å². The van der Waals surface area contributed by atoms with Crippen LogP contribution in [0.3, 0.4) is 0 Å². The van der Waals surface area contributed by atoms with Gasteiger partial charge in [-0.05, 0) is 29.8 Å². The molecule has 32 heavy (non-hydrogen) atoms. The second kappa shape index (κ2) is 9.58. The molecule has 1 amide bonds. The molecule has 160 valence electrons. The van der Waals surface area contributed by atoms with E-state index in [1.54, 1.807) is 24.2 Å². The van der Waals surface area contributed by atoms with Crippen molar-refractivity contribution in [2.75, 3.05) is 23.0 Å². The smallest absolute Gasteiger partial charge is 0.237 e. The van der Waals surface area contributed by atoms with E-state index in [9.17, 15) is 4.79 Å². The number of thioether (sulfide) groups is 2. The lowest BCUT2D eigenvalue weighted by atomic mass is 10.2. The van der Waals surface area contributed by atoms with Crippen LogP contribution in [0.5, 0.6) is 0 Å². The van der Waals surface area contributed by atoms with E-state index in [1.807, 2.05) is 53.4 Å². The van der Waals surface area contributed by atoms with Gasteiger partial charge in [0, 0.05) is 35.2 Å². The molecule has 0 unspecified atom stereocenters. The highest BCUT2D eigenvalue weighted by Gasteiger charge is 2.24. The quantitative estimate of drug-likeness (QED) is 0.392. The van der Waals surface area contributed by atoms with Crippen LogP contribution in [0.25, 0.3) is 11.4 Å². The molecule has 2 aromatic heterocycles. The lowest BCUT2D eigenvalue weighted by Crippen LogP contribution is -2.36. The first-order chi connectivity index (χ1) is 15.8. The Morgan fingerprint density at radius 2 is 1.75 bits per heavy atom. The molecule has 1 aliphatic rings. The Balaban J connectivity index is 1.39. The maximum Gasteiger partial charge on any atom is 0.237 e. The monoisotopic (exact) mass is 459 g/mol. The summed E-state index contributed by atoms with van der Waals surface area (Å²) in [6.45, 7) is 1.35. The van der Waals surface area contributed by atoms with Gasteiger partial charge in [-0.1, -0.05) is 54.2 Å². The molecule has 8 heteroatoms. The van der Waals surface area contributed by atoms with Crippen LogP contribution in [0, 0.1) is 0 Å². The Labute approximate surface area is 195 Å². The van der Waals surface area contributed by atoms with Crippen molar-refractivity contribution in [1.82, 2.24) is 19.7 Å². The van der Waals surface area contributed by atoms with E-state index in [1.165, 1.54) is 11.8 Å². The summed E-state index contributed by atoms with van der Waals surface area (Å²) >= 11 is 3.23. The fourth-order valence-electron chi connectivity index (χ4n) is 3.65. The number of aromatic nitrogens is 4. The average Bonchev–Trinajstić information content (AvgIpc) is 3.25. The van der Waals surface area contributed by atoms with Crippen molar-refractivity contribution in [1.29, 1.82) is 0 Å². The van der Waals surface area contributed by atoms with E-state index in [-0.39, 0.29) is 5.91 Å². The van der Waals surface area contributed by atoms with E-state index >= 15 is 0 Å². The van der Waals surface area contributed by atoms with E-state index in [4.69, 9.17) is 0 Å². The topological polar surface area (TPSA) is 63.9 Å². The molecule has 0 radical (unpaired) electrons. The molecule has 0 saturated carbocycles. The number of pyridine rings is 1. The van der Waals surface area contributed by atoms with Gasteiger partial charge in [0.25, 0.3) is 0 Å². The molecular formula is C24H21N5OS2. The van der Waals surface area contributed by atoms with Crippen LogP contribution in [-0.2, 0) is 11.3 Å². The minimum atomic E-state index is 0.0856. The van der Waals surface area contributed by atoms with Crippen molar-refractivity contribution in [3.8, 4) is 11.4 Å². The highest BCUT2D eigenvalue weighted by atomic mass is 32.2. The first-order valence-corrected chi connectivity index (χ1v) is 12.3. The predicted octanol–water partition coefficient (Wildman–Crippen LogP) is 4.62. The third kappa shape index (κ3) is 4.42. The predicted molar refractivity (Wildman–Crippen MR) is 129 cm³/mol. The van der Waals surface area contributed by atoms with Crippen LogP contribution >= 0.6 is 23.5 Å². The molecule has 3 heterocycles. The fraction of sp³-hybridized carbons (Fsp3) is 0.167. The summed E-state index contributed by atoms with van der Waals surface area (Å²) in [6, 6.07) is 22.1. The molecule has 0 atom stereocenters. The largest absolute Gasteiger partial charge is 0.310 e. The van der Waals surface area contributed by atoms with Gasteiger partial charge in [-0.3, -0.25) is 14.3 Å². The summed E-state index contributed by atoms with van der Waals surface area (Å²) in [7, 11) is 0. The van der Waals surface area contributed by atoms with Gasteiger partial charge in [-0.25, -0.2) is 0 Å². The summed E-state index contributed by atoms with van der Waals surface area (Å²) in [5.74, 6) is 2.07. The molecule has 0 aliphatic carbocycles. The van der Waals surface area contributed by atoms with Gasteiger partial charge in [0.15, 0.2) is 11.0 Å². The minimum absolute atomic E-state index is 0.0856. The van der Waals surface area contributed by atoms with Crippen LogP contribution in [0.15, 0.2) is 89.2 Å². The van der Waals surface area contributed by atoms with E-state index < -0.39 is 0 Å². The molecule has 6 nitrogen and oxygen atoms in total. The average molecular weight is 460 g/mol. The number of benzene rings is 2. The molecule has 0 N–H and O–H groups in total. The van der Waals surface area contributed by atoms with Gasteiger partial charge in [0.1, 0.15) is 0 Å². The Morgan fingerprint density at radius 1 is 0.969 bits per heavy atom. The van der Waals surface area contributed by atoms with Gasteiger partial charge in [0.05, 0.1) is 18.0 Å². The second-order valence-electron chi connectivity index (χ2n) is 7.26. The SMILES string of the molecule is O=C(CSc1nnc(-c2ccncc2)n1Cc1ccccc1)N1CCSc2ccccc21. The molecule has 4 aromatic rings. The molecule has 2 aromatic carbocycles. The lowest BCUT2D eigenvalue weighted by Gasteiger charge is -2.28. The molecule has 0 spiro atoms. The zero-order valence-corrected chi connectivity index (χ0v) is 18.9. The highest BCUT2D eigenvalue weighted by molar-refractivity contribution is 8.00. The number of hydrogen-bond acceptors (Lipinski definition) is 6. The van der Waals surface area contributed by atoms with Crippen LogP contribution in [-0.4, -0.2) is 43.7 Å². The maximum absolute atomic E-state index is 13.1. The summed E-state index contributed by atoms with van der Waals surface area (Å²) in [6.07, 6.45) is 3.50. The van der Waals surface area contributed by atoms with Gasteiger partial charge < -0.3 is 4.90 Å². The third-order valence-corrected chi connectivity index (χ3v) is 7.19. The number of fused-ring (bicyclic) bond motifs is 1. The molecule has 0 saturated heterocycles. The van der Waals surface area contributed by atoms with E-state index in [0.717, 1.165) is 45.0 Å². The number of carbonyl (C=O) groups is 1. The minimum Gasteiger partial charge on any atom is -0.310 e. The normalized spacial score (nSPS) is 13.1. The number of anilines is 1. The fourth-order valence-corrected chi connectivity index (χ4v) is 5.46. The van der Waals surface area contributed by atoms with Crippen LogP contribution in [0.4, 0.5) is 5.69 Å². The van der Waals surface area contributed by atoms with Gasteiger partial charge in [0.2, 0.25) is 5.91 Å².